The first-order valence-electron chi connectivity index (χ1n) is 5.52. The third kappa shape index (κ3) is 3.27. The van der Waals surface area contributed by atoms with E-state index in [1.807, 2.05) is 18.2 Å². The minimum atomic E-state index is -0.316. The van der Waals surface area contributed by atoms with Gasteiger partial charge in [0, 0.05) is 17.2 Å². The topological polar surface area (TPSA) is 83.8 Å². The van der Waals surface area contributed by atoms with Gasteiger partial charge in [-0.15, -0.1) is 11.8 Å². The Bertz CT molecular complexity index is 556. The molecule has 0 saturated carbocycles. The Morgan fingerprint density at radius 2 is 2.11 bits per heavy atom. The van der Waals surface area contributed by atoms with Crippen LogP contribution in [-0.4, -0.2) is 22.3 Å². The quantitative estimate of drug-likeness (QED) is 0.562. The SMILES string of the molecule is Nc1c(NCCSc2ccccc2)nc[nH]c1=O. The lowest BCUT2D eigenvalue weighted by molar-refractivity contribution is 1.09. The molecule has 0 saturated heterocycles. The first kappa shape index (κ1) is 12.5. The van der Waals surface area contributed by atoms with Crippen LogP contribution >= 0.6 is 11.8 Å². The third-order valence-electron chi connectivity index (χ3n) is 2.30. The second-order valence-corrected chi connectivity index (χ2v) is 4.75. The van der Waals surface area contributed by atoms with E-state index < -0.39 is 0 Å². The maximum absolute atomic E-state index is 11.2. The number of nitrogens with zero attached hydrogens (tertiary/aromatic N) is 1. The number of hydrogen-bond acceptors (Lipinski definition) is 5. The molecule has 2 rings (SSSR count). The van der Waals surface area contributed by atoms with Gasteiger partial charge in [-0.05, 0) is 12.1 Å². The molecule has 0 bridgehead atoms. The minimum Gasteiger partial charge on any atom is -0.391 e. The van der Waals surface area contributed by atoms with Crippen molar-refractivity contribution in [3.8, 4) is 0 Å². The maximum atomic E-state index is 11.2. The molecule has 0 aliphatic carbocycles. The van der Waals surface area contributed by atoms with Crippen LogP contribution in [0.4, 0.5) is 11.5 Å². The van der Waals surface area contributed by atoms with Gasteiger partial charge in [0.2, 0.25) is 0 Å². The van der Waals surface area contributed by atoms with E-state index in [1.54, 1.807) is 11.8 Å². The monoisotopic (exact) mass is 262 g/mol. The van der Waals surface area contributed by atoms with E-state index in [-0.39, 0.29) is 11.2 Å². The molecule has 94 valence electrons. The summed E-state index contributed by atoms with van der Waals surface area (Å²) in [7, 11) is 0. The van der Waals surface area contributed by atoms with Crippen LogP contribution in [0.3, 0.4) is 0 Å². The molecule has 0 unspecified atom stereocenters. The molecule has 0 spiro atoms. The highest BCUT2D eigenvalue weighted by atomic mass is 32.2. The van der Waals surface area contributed by atoms with Crippen LogP contribution < -0.4 is 16.6 Å². The van der Waals surface area contributed by atoms with E-state index in [4.69, 9.17) is 5.73 Å². The predicted molar refractivity (Wildman–Crippen MR) is 74.9 cm³/mol. The second-order valence-electron chi connectivity index (χ2n) is 3.58. The zero-order valence-electron chi connectivity index (χ0n) is 9.72. The lowest BCUT2D eigenvalue weighted by Gasteiger charge is -2.06. The normalized spacial score (nSPS) is 10.2. The second kappa shape index (κ2) is 6.11. The summed E-state index contributed by atoms with van der Waals surface area (Å²) >= 11 is 1.73. The molecule has 0 aliphatic heterocycles. The summed E-state index contributed by atoms with van der Waals surface area (Å²) in [5.41, 5.74) is 5.41. The lowest BCUT2D eigenvalue weighted by atomic mass is 10.4. The van der Waals surface area contributed by atoms with Crippen molar-refractivity contribution in [2.45, 2.75) is 4.90 Å². The van der Waals surface area contributed by atoms with Crippen LogP contribution in [-0.2, 0) is 0 Å². The summed E-state index contributed by atoms with van der Waals surface area (Å²) in [6.45, 7) is 0.695. The summed E-state index contributed by atoms with van der Waals surface area (Å²) in [5, 5.41) is 3.05. The van der Waals surface area contributed by atoms with Crippen LogP contribution in [0.5, 0.6) is 0 Å². The van der Waals surface area contributed by atoms with Crippen molar-refractivity contribution in [2.24, 2.45) is 0 Å². The fourth-order valence-electron chi connectivity index (χ4n) is 1.41. The molecule has 4 N–H and O–H groups in total. The Kier molecular flexibility index (Phi) is 4.25. The van der Waals surface area contributed by atoms with Crippen molar-refractivity contribution in [1.82, 2.24) is 9.97 Å². The van der Waals surface area contributed by atoms with Gasteiger partial charge < -0.3 is 16.0 Å². The van der Waals surface area contributed by atoms with E-state index >= 15 is 0 Å². The largest absolute Gasteiger partial charge is 0.391 e. The summed E-state index contributed by atoms with van der Waals surface area (Å²) in [4.78, 5) is 18.8. The molecule has 0 fully saturated rings. The summed E-state index contributed by atoms with van der Waals surface area (Å²) in [6, 6.07) is 10.1. The van der Waals surface area contributed by atoms with Crippen molar-refractivity contribution in [2.75, 3.05) is 23.3 Å². The van der Waals surface area contributed by atoms with Gasteiger partial charge in [-0.1, -0.05) is 18.2 Å². The van der Waals surface area contributed by atoms with E-state index in [9.17, 15) is 4.79 Å². The van der Waals surface area contributed by atoms with Crippen LogP contribution in [0.15, 0.2) is 46.3 Å². The molecule has 1 heterocycles. The molecule has 0 atom stereocenters. The maximum Gasteiger partial charge on any atom is 0.276 e. The molecule has 5 nitrogen and oxygen atoms in total. The fraction of sp³-hybridized carbons (Fsp3) is 0.167. The van der Waals surface area contributed by atoms with Crippen molar-refractivity contribution < 1.29 is 0 Å². The molecule has 18 heavy (non-hydrogen) atoms. The van der Waals surface area contributed by atoms with Crippen LogP contribution in [0.25, 0.3) is 0 Å². The number of H-pyrrole nitrogens is 1. The number of nitrogen functional groups attached to an aromatic ring is 1. The highest BCUT2D eigenvalue weighted by Gasteiger charge is 2.02. The molecule has 0 aliphatic rings. The van der Waals surface area contributed by atoms with Gasteiger partial charge in [-0.25, -0.2) is 4.98 Å². The molecule has 6 heteroatoms. The molecule has 2 aromatic rings. The molecule has 0 radical (unpaired) electrons. The zero-order valence-corrected chi connectivity index (χ0v) is 10.5. The number of anilines is 2. The minimum absolute atomic E-state index is 0.127. The van der Waals surface area contributed by atoms with E-state index in [2.05, 4.69) is 27.4 Å². The molecule has 1 aromatic heterocycles. The average molecular weight is 262 g/mol. The first-order chi connectivity index (χ1) is 8.77. The van der Waals surface area contributed by atoms with Gasteiger partial charge in [0.1, 0.15) is 5.69 Å². The van der Waals surface area contributed by atoms with Gasteiger partial charge in [0.25, 0.3) is 5.56 Å². The number of aromatic nitrogens is 2. The van der Waals surface area contributed by atoms with E-state index in [0.717, 1.165) is 5.75 Å². The Balaban J connectivity index is 1.82. The number of thioether (sulfide) groups is 1. The van der Waals surface area contributed by atoms with Crippen molar-refractivity contribution in [3.05, 3.63) is 47.0 Å². The van der Waals surface area contributed by atoms with Crippen molar-refractivity contribution in [1.29, 1.82) is 0 Å². The number of nitrogens with one attached hydrogen (secondary N) is 2. The van der Waals surface area contributed by atoms with Gasteiger partial charge in [-0.2, -0.15) is 0 Å². The summed E-state index contributed by atoms with van der Waals surface area (Å²) in [5.74, 6) is 1.31. The molecular formula is C12H14N4OS. The number of aromatic amines is 1. The highest BCUT2D eigenvalue weighted by Crippen LogP contribution is 2.16. The van der Waals surface area contributed by atoms with Crippen LogP contribution in [0.2, 0.25) is 0 Å². The van der Waals surface area contributed by atoms with Crippen LogP contribution in [0.1, 0.15) is 0 Å². The third-order valence-corrected chi connectivity index (χ3v) is 3.31. The summed E-state index contributed by atoms with van der Waals surface area (Å²) < 4.78 is 0. The van der Waals surface area contributed by atoms with E-state index in [0.29, 0.717) is 12.4 Å². The Morgan fingerprint density at radius 1 is 1.33 bits per heavy atom. The highest BCUT2D eigenvalue weighted by molar-refractivity contribution is 7.99. The standard InChI is InChI=1S/C12H14N4OS/c13-10-11(15-8-16-12(10)17)14-6-7-18-9-4-2-1-3-5-9/h1-5,8H,6-7,13H2,(H2,14,15,16,17). The lowest BCUT2D eigenvalue weighted by Crippen LogP contribution is -2.17. The number of nitrogens with two attached hydrogens (primary N) is 1. The van der Waals surface area contributed by atoms with Crippen molar-refractivity contribution in [3.63, 3.8) is 0 Å². The van der Waals surface area contributed by atoms with Gasteiger partial charge >= 0.3 is 0 Å². The molecular weight excluding hydrogens is 248 g/mol. The van der Waals surface area contributed by atoms with Gasteiger partial charge in [0.15, 0.2) is 5.82 Å². The average Bonchev–Trinajstić information content (AvgIpc) is 2.40. The van der Waals surface area contributed by atoms with Gasteiger partial charge in [0.05, 0.1) is 6.33 Å². The molecule has 1 aromatic carbocycles. The first-order valence-corrected chi connectivity index (χ1v) is 6.51. The predicted octanol–water partition coefficient (Wildman–Crippen LogP) is 1.56. The number of rotatable bonds is 5. The molecule has 0 amide bonds. The Hall–Kier alpha value is -1.95. The van der Waals surface area contributed by atoms with Crippen LogP contribution in [0, 0.1) is 0 Å². The number of hydrogen-bond donors (Lipinski definition) is 3. The van der Waals surface area contributed by atoms with Crippen molar-refractivity contribution >= 4 is 23.3 Å². The summed E-state index contributed by atoms with van der Waals surface area (Å²) in [6.07, 6.45) is 1.34. The Morgan fingerprint density at radius 3 is 2.89 bits per heavy atom. The smallest absolute Gasteiger partial charge is 0.276 e. The number of benzene rings is 1. The zero-order chi connectivity index (χ0) is 12.8. The Labute approximate surface area is 109 Å². The van der Waals surface area contributed by atoms with E-state index in [1.165, 1.54) is 11.2 Å². The van der Waals surface area contributed by atoms with Gasteiger partial charge in [-0.3, -0.25) is 4.79 Å². The fourth-order valence-corrected chi connectivity index (χ4v) is 2.20.